The van der Waals surface area contributed by atoms with Crippen molar-refractivity contribution in [3.8, 4) is 0 Å². The molecule has 1 heterocycles. The third-order valence-corrected chi connectivity index (χ3v) is 3.88. The van der Waals surface area contributed by atoms with Gasteiger partial charge in [-0.2, -0.15) is 0 Å². The van der Waals surface area contributed by atoms with E-state index in [1.54, 1.807) is 12.1 Å². The maximum absolute atomic E-state index is 12.9. The summed E-state index contributed by atoms with van der Waals surface area (Å²) in [4.78, 5) is 14.3. The van der Waals surface area contributed by atoms with Crippen molar-refractivity contribution in [1.82, 2.24) is 4.90 Å². The van der Waals surface area contributed by atoms with Crippen LogP contribution in [0.2, 0.25) is 0 Å². The van der Waals surface area contributed by atoms with E-state index in [2.05, 4.69) is 15.9 Å². The van der Waals surface area contributed by atoms with Gasteiger partial charge in [0.15, 0.2) is 0 Å². The zero-order chi connectivity index (χ0) is 13.0. The highest BCUT2D eigenvalue weighted by molar-refractivity contribution is 9.09. The zero-order valence-corrected chi connectivity index (χ0v) is 11.8. The van der Waals surface area contributed by atoms with Crippen LogP contribution in [0.5, 0.6) is 0 Å². The molecule has 0 bridgehead atoms. The van der Waals surface area contributed by atoms with E-state index < -0.39 is 0 Å². The molecule has 1 aliphatic heterocycles. The van der Waals surface area contributed by atoms with E-state index in [-0.39, 0.29) is 11.7 Å². The van der Waals surface area contributed by atoms with Crippen molar-refractivity contribution in [1.29, 1.82) is 0 Å². The normalized spacial score (nSPS) is 19.9. The Balaban J connectivity index is 2.12. The van der Waals surface area contributed by atoms with Gasteiger partial charge in [0.1, 0.15) is 5.82 Å². The second-order valence-electron chi connectivity index (χ2n) is 4.63. The monoisotopic (exact) mass is 313 g/mol. The summed E-state index contributed by atoms with van der Waals surface area (Å²) in [6.07, 6.45) is 4.29. The summed E-state index contributed by atoms with van der Waals surface area (Å²) >= 11 is 3.44. The summed E-state index contributed by atoms with van der Waals surface area (Å²) in [6.45, 7) is 0.813. The van der Waals surface area contributed by atoms with Gasteiger partial charge in [-0.15, -0.1) is 0 Å². The number of benzene rings is 1. The van der Waals surface area contributed by atoms with Crippen molar-refractivity contribution in [2.75, 3.05) is 11.9 Å². The largest absolute Gasteiger partial charge is 0.336 e. The molecular formula is C14H17BrFNO. The van der Waals surface area contributed by atoms with Gasteiger partial charge in [-0.1, -0.05) is 15.9 Å². The maximum atomic E-state index is 12.9. The minimum atomic E-state index is -0.304. The third kappa shape index (κ3) is 3.10. The molecule has 1 unspecified atom stereocenters. The van der Waals surface area contributed by atoms with Crippen molar-refractivity contribution in [2.24, 2.45) is 0 Å². The molecule has 1 atom stereocenters. The molecule has 98 valence electrons. The first-order chi connectivity index (χ1) is 8.72. The van der Waals surface area contributed by atoms with Gasteiger partial charge in [-0.25, -0.2) is 4.39 Å². The molecule has 1 aromatic carbocycles. The zero-order valence-electron chi connectivity index (χ0n) is 10.2. The summed E-state index contributed by atoms with van der Waals surface area (Å²) < 4.78 is 12.9. The van der Waals surface area contributed by atoms with Crippen molar-refractivity contribution >= 4 is 21.8 Å². The predicted molar refractivity (Wildman–Crippen MR) is 73.5 cm³/mol. The van der Waals surface area contributed by atoms with Crippen LogP contribution in [0, 0.1) is 5.82 Å². The van der Waals surface area contributed by atoms with E-state index in [4.69, 9.17) is 0 Å². The summed E-state index contributed by atoms with van der Waals surface area (Å²) in [5, 5.41) is 0.908. The van der Waals surface area contributed by atoms with E-state index in [9.17, 15) is 9.18 Å². The molecule has 0 aromatic heterocycles. The third-order valence-electron chi connectivity index (χ3n) is 3.42. The Kier molecular flexibility index (Phi) is 4.75. The second kappa shape index (κ2) is 6.32. The van der Waals surface area contributed by atoms with E-state index in [0.717, 1.165) is 31.1 Å². The molecule has 0 aliphatic carbocycles. The number of hydrogen-bond acceptors (Lipinski definition) is 1. The van der Waals surface area contributed by atoms with Gasteiger partial charge in [0.25, 0.3) is 5.91 Å². The number of hydrogen-bond donors (Lipinski definition) is 0. The van der Waals surface area contributed by atoms with Gasteiger partial charge in [-0.3, -0.25) is 4.79 Å². The van der Waals surface area contributed by atoms with Crippen LogP contribution in [0.4, 0.5) is 4.39 Å². The SMILES string of the molecule is O=C(c1ccc(F)cc1)N1CCCCC1CCBr. The summed E-state index contributed by atoms with van der Waals surface area (Å²) in [5.74, 6) is -0.275. The van der Waals surface area contributed by atoms with Crippen LogP contribution in [-0.2, 0) is 0 Å². The van der Waals surface area contributed by atoms with Crippen LogP contribution >= 0.6 is 15.9 Å². The maximum Gasteiger partial charge on any atom is 0.254 e. The number of carbonyl (C=O) groups is 1. The molecule has 1 aromatic rings. The van der Waals surface area contributed by atoms with E-state index in [1.807, 2.05) is 4.90 Å². The summed E-state index contributed by atoms with van der Waals surface area (Å²) in [5.41, 5.74) is 0.581. The van der Waals surface area contributed by atoms with Gasteiger partial charge in [0, 0.05) is 23.5 Å². The average molecular weight is 314 g/mol. The predicted octanol–water partition coefficient (Wildman–Crippen LogP) is 3.61. The Morgan fingerprint density at radius 2 is 2.06 bits per heavy atom. The molecular weight excluding hydrogens is 297 g/mol. The van der Waals surface area contributed by atoms with E-state index >= 15 is 0 Å². The molecule has 1 amide bonds. The molecule has 0 N–H and O–H groups in total. The Morgan fingerprint density at radius 3 is 2.72 bits per heavy atom. The number of carbonyl (C=O) groups excluding carboxylic acids is 1. The van der Waals surface area contributed by atoms with Crippen LogP contribution < -0.4 is 0 Å². The van der Waals surface area contributed by atoms with Gasteiger partial charge in [-0.05, 0) is 49.9 Å². The fraction of sp³-hybridized carbons (Fsp3) is 0.500. The first-order valence-corrected chi connectivity index (χ1v) is 7.47. The van der Waals surface area contributed by atoms with Gasteiger partial charge < -0.3 is 4.90 Å². The number of rotatable bonds is 3. The minimum Gasteiger partial charge on any atom is -0.336 e. The standard InChI is InChI=1S/C14H17BrFNO/c15-9-8-13-3-1-2-10-17(13)14(18)11-4-6-12(16)7-5-11/h4-7,13H,1-3,8-10H2. The van der Waals surface area contributed by atoms with Crippen LogP contribution in [0.1, 0.15) is 36.0 Å². The van der Waals surface area contributed by atoms with E-state index in [0.29, 0.717) is 11.6 Å². The molecule has 4 heteroatoms. The number of piperidine rings is 1. The number of alkyl halides is 1. The molecule has 1 saturated heterocycles. The van der Waals surface area contributed by atoms with Crippen molar-refractivity contribution in [2.45, 2.75) is 31.7 Å². The van der Waals surface area contributed by atoms with Crippen LogP contribution in [0.3, 0.4) is 0 Å². The quantitative estimate of drug-likeness (QED) is 0.781. The Bertz CT molecular complexity index is 405. The topological polar surface area (TPSA) is 20.3 Å². The Hall–Kier alpha value is -0.900. The molecule has 18 heavy (non-hydrogen) atoms. The fourth-order valence-corrected chi connectivity index (χ4v) is 2.98. The fourth-order valence-electron chi connectivity index (χ4n) is 2.45. The highest BCUT2D eigenvalue weighted by Crippen LogP contribution is 2.22. The smallest absolute Gasteiger partial charge is 0.254 e. The lowest BCUT2D eigenvalue weighted by atomic mass is 9.99. The summed E-state index contributed by atoms with van der Waals surface area (Å²) in [7, 11) is 0. The Labute approximate surface area is 115 Å². The van der Waals surface area contributed by atoms with Crippen molar-refractivity contribution in [3.63, 3.8) is 0 Å². The number of amides is 1. The molecule has 0 saturated carbocycles. The molecule has 2 nitrogen and oxygen atoms in total. The highest BCUT2D eigenvalue weighted by Gasteiger charge is 2.26. The average Bonchev–Trinajstić information content (AvgIpc) is 2.40. The molecule has 1 fully saturated rings. The molecule has 1 aliphatic rings. The molecule has 0 radical (unpaired) electrons. The highest BCUT2D eigenvalue weighted by atomic mass is 79.9. The lowest BCUT2D eigenvalue weighted by molar-refractivity contribution is 0.0610. The number of halogens is 2. The Morgan fingerprint density at radius 1 is 1.33 bits per heavy atom. The van der Waals surface area contributed by atoms with Crippen molar-refractivity contribution < 1.29 is 9.18 Å². The van der Waals surface area contributed by atoms with Crippen LogP contribution in [0.25, 0.3) is 0 Å². The van der Waals surface area contributed by atoms with Crippen LogP contribution in [0.15, 0.2) is 24.3 Å². The van der Waals surface area contributed by atoms with Crippen LogP contribution in [-0.4, -0.2) is 28.7 Å². The second-order valence-corrected chi connectivity index (χ2v) is 5.43. The lowest BCUT2D eigenvalue weighted by Gasteiger charge is -2.35. The number of nitrogens with zero attached hydrogens (tertiary/aromatic N) is 1. The first-order valence-electron chi connectivity index (χ1n) is 6.35. The van der Waals surface area contributed by atoms with Gasteiger partial charge >= 0.3 is 0 Å². The van der Waals surface area contributed by atoms with Crippen molar-refractivity contribution in [3.05, 3.63) is 35.6 Å². The first kappa shape index (κ1) is 13.5. The lowest BCUT2D eigenvalue weighted by Crippen LogP contribution is -2.43. The van der Waals surface area contributed by atoms with Gasteiger partial charge in [0.05, 0.1) is 0 Å². The van der Waals surface area contributed by atoms with E-state index in [1.165, 1.54) is 18.6 Å². The molecule has 2 rings (SSSR count). The molecule has 0 spiro atoms. The number of likely N-dealkylation sites (tertiary alicyclic amines) is 1. The van der Waals surface area contributed by atoms with Gasteiger partial charge in [0.2, 0.25) is 0 Å². The summed E-state index contributed by atoms with van der Waals surface area (Å²) in [6, 6.07) is 6.14. The minimum absolute atomic E-state index is 0.0284.